The second-order valence-corrected chi connectivity index (χ2v) is 24.1. The molecule has 1 aliphatic heterocycles. The summed E-state index contributed by atoms with van der Waals surface area (Å²) in [4.78, 5) is 166. The van der Waals surface area contributed by atoms with Crippen LogP contribution in [0.1, 0.15) is 77.0 Å². The van der Waals surface area contributed by atoms with E-state index in [9.17, 15) is 57.5 Å². The van der Waals surface area contributed by atoms with Crippen molar-refractivity contribution in [2.45, 2.75) is 83.2 Å². The van der Waals surface area contributed by atoms with E-state index in [1.807, 2.05) is 29.4 Å². The van der Waals surface area contributed by atoms with E-state index in [1.165, 1.54) is 0 Å². The molecule has 0 bridgehead atoms. The number of hydrazine groups is 1. The maximum absolute atomic E-state index is 13.7. The van der Waals surface area contributed by atoms with E-state index in [-0.39, 0.29) is 265 Å². The lowest BCUT2D eigenvalue weighted by Gasteiger charge is -2.28. The number of nitrogens with zero attached hydrogens (tertiary/aromatic N) is 6. The lowest BCUT2D eigenvalue weighted by molar-refractivity contribution is -0.123. The van der Waals surface area contributed by atoms with Crippen LogP contribution in [0.3, 0.4) is 0 Å². The van der Waals surface area contributed by atoms with Crippen LogP contribution in [-0.2, 0) is 57.5 Å². The Morgan fingerprint density at radius 3 is 0.485 bits per heavy atom. The van der Waals surface area contributed by atoms with Crippen molar-refractivity contribution in [1.82, 2.24) is 104 Å². The Balaban J connectivity index is 3.48. The first-order valence-corrected chi connectivity index (χ1v) is 35.7. The minimum atomic E-state index is -0.303. The van der Waals surface area contributed by atoms with E-state index in [4.69, 9.17) is 40.1 Å². The summed E-state index contributed by atoms with van der Waals surface area (Å²) in [6.45, 7) is 10.4. The molecule has 0 saturated carbocycles. The van der Waals surface area contributed by atoms with Gasteiger partial charge in [0.15, 0.2) is 0 Å². The Morgan fingerprint density at radius 2 is 0.337 bits per heavy atom. The first-order chi connectivity index (χ1) is 48.7. The van der Waals surface area contributed by atoms with Gasteiger partial charge in [-0.15, -0.1) is 0 Å². The van der Waals surface area contributed by atoms with E-state index in [0.29, 0.717) is 131 Å². The summed E-state index contributed by atoms with van der Waals surface area (Å²) >= 11 is 0. The molecule has 0 unspecified atom stereocenters. The quantitative estimate of drug-likeness (QED) is 0.0251. The van der Waals surface area contributed by atoms with Gasteiger partial charge in [0.05, 0.1) is 0 Å². The molecule has 1 aliphatic rings. The third kappa shape index (κ3) is 55.3. The average molecular weight is 1440 g/mol. The van der Waals surface area contributed by atoms with Crippen molar-refractivity contribution in [2.24, 2.45) is 40.1 Å². The molecule has 1 saturated heterocycles. The van der Waals surface area contributed by atoms with Gasteiger partial charge >= 0.3 is 0 Å². The Labute approximate surface area is 596 Å². The molecule has 1 heterocycles. The van der Waals surface area contributed by atoms with Crippen molar-refractivity contribution in [2.75, 3.05) is 242 Å². The van der Waals surface area contributed by atoms with Gasteiger partial charge in [-0.3, -0.25) is 57.5 Å². The molecule has 0 spiro atoms. The molecule has 0 atom stereocenters. The first kappa shape index (κ1) is 92.1. The minimum Gasteiger partial charge on any atom is -0.355 e. The Kier molecular flexibility index (Phi) is 56.2. The molecule has 101 heavy (non-hydrogen) atoms. The zero-order chi connectivity index (χ0) is 74.5. The molecular weight excluding hydrogens is 1310 g/mol. The molecule has 0 aromatic rings. The maximum atomic E-state index is 13.7. The van der Waals surface area contributed by atoms with Gasteiger partial charge in [-0.05, 0) is 0 Å². The SMILES string of the molecule is NCCNC(=O)CCN(CCNC(=O)CCN(CCC(=O)NCCN(CCC(=O)NCCN)CCC(=O)NCCN)CCN(CCC(=O)NCCN(CCC(=O)NCCN)CCC(=O)NCCN)CCC(=O)NCCN(CCC(=O)NCCN)CCC(=O)NCC1NN1)CCC(=O)NCCN. The van der Waals surface area contributed by atoms with E-state index < -0.39 is 0 Å². The monoisotopic (exact) mass is 1440 g/mol. The van der Waals surface area contributed by atoms with Gasteiger partial charge in [-0.2, -0.15) is 0 Å². The lowest BCUT2D eigenvalue weighted by atomic mass is 10.2. The van der Waals surface area contributed by atoms with Crippen LogP contribution in [0.25, 0.3) is 0 Å². The van der Waals surface area contributed by atoms with Crippen LogP contribution in [0, 0.1) is 0 Å². The number of amides is 12. The van der Waals surface area contributed by atoms with E-state index >= 15 is 0 Å². The lowest BCUT2D eigenvalue weighted by Crippen LogP contribution is -2.43. The molecule has 0 radical (unpaired) electrons. The number of carbonyl (C=O) groups excluding carboxylic acids is 12. The average Bonchev–Trinajstić information content (AvgIpc) is 2.88. The van der Waals surface area contributed by atoms with Crippen LogP contribution in [0.5, 0.6) is 0 Å². The largest absolute Gasteiger partial charge is 0.355 e. The molecule has 28 N–H and O–H groups in total. The van der Waals surface area contributed by atoms with Crippen molar-refractivity contribution in [3.8, 4) is 0 Å². The highest BCUT2D eigenvalue weighted by Gasteiger charge is 2.22. The summed E-state index contributed by atoms with van der Waals surface area (Å²) in [5.74, 6) is -2.82. The van der Waals surface area contributed by atoms with Gasteiger partial charge in [-0.1, -0.05) is 0 Å². The highest BCUT2D eigenvalue weighted by atomic mass is 16.2. The van der Waals surface area contributed by atoms with Gasteiger partial charge in [0.2, 0.25) is 70.9 Å². The van der Waals surface area contributed by atoms with E-state index in [2.05, 4.69) is 74.7 Å². The highest BCUT2D eigenvalue weighted by Crippen LogP contribution is 2.05. The van der Waals surface area contributed by atoms with Crippen molar-refractivity contribution in [3.05, 3.63) is 0 Å². The molecule has 0 aromatic heterocycles. The van der Waals surface area contributed by atoms with E-state index in [0.717, 1.165) is 0 Å². The fraction of sp³-hybridized carbons (Fsp3) is 0.806. The third-order valence-electron chi connectivity index (χ3n) is 15.7. The number of hydrogen-bond acceptors (Lipinski definition) is 27. The van der Waals surface area contributed by atoms with Gasteiger partial charge in [-0.25, -0.2) is 10.9 Å². The van der Waals surface area contributed by atoms with Crippen molar-refractivity contribution in [3.63, 3.8) is 0 Å². The normalized spacial score (nSPS) is 12.0. The summed E-state index contributed by atoms with van der Waals surface area (Å²) in [5, 5.41) is 33.8. The minimum absolute atomic E-state index is 0.00530. The molecule has 582 valence electrons. The standard InChI is InChI=1S/C62H127N27O12/c63-13-20-70-51(90)1-31-84(32-2-52(91)71-21-14-64)43-27-77-58(97)8-39-88(40-9-59(98)78-28-44-85(33-3-53(92)72-22-15-65)34-4-54(93)73-23-16-66)47-48-89(41-10-60(99)79-29-45-86(35-5-55(94)74-24-17-67)36-6-56(95)75-25-18-68)42-11-61(100)80-30-46-87(37-7-57(96)76-26-19-69)38-12-62(101)81-49-50-82-83-50/h50,82-83H,1-49,63-69H2,(H,70,90)(H,71,91)(H,72,92)(H,73,93)(H,74,94)(H,75,95)(H,76,96)(H,77,97)(H,78,98)(H,79,99)(H,80,100)(H,81,101). The second-order valence-electron chi connectivity index (χ2n) is 24.1. The summed E-state index contributed by atoms with van der Waals surface area (Å²) in [7, 11) is 0. The summed E-state index contributed by atoms with van der Waals surface area (Å²) in [5.41, 5.74) is 44.7. The fourth-order valence-electron chi connectivity index (χ4n) is 9.74. The van der Waals surface area contributed by atoms with E-state index in [1.54, 1.807) is 0 Å². The highest BCUT2D eigenvalue weighted by molar-refractivity contribution is 5.80. The van der Waals surface area contributed by atoms with Gasteiger partial charge < -0.3 is 133 Å². The van der Waals surface area contributed by atoms with Crippen LogP contribution in [0.15, 0.2) is 0 Å². The first-order valence-electron chi connectivity index (χ1n) is 35.7. The van der Waals surface area contributed by atoms with Gasteiger partial charge in [0.1, 0.15) is 6.17 Å². The van der Waals surface area contributed by atoms with Crippen molar-refractivity contribution < 1.29 is 57.5 Å². The van der Waals surface area contributed by atoms with Gasteiger partial charge in [0.25, 0.3) is 0 Å². The van der Waals surface area contributed by atoms with Crippen LogP contribution < -0.4 is 115 Å². The molecule has 0 aliphatic carbocycles. The number of nitrogens with one attached hydrogen (secondary N) is 14. The number of nitrogens with two attached hydrogens (primary N) is 7. The third-order valence-corrected chi connectivity index (χ3v) is 15.7. The predicted molar refractivity (Wildman–Crippen MR) is 384 cm³/mol. The summed E-state index contributed by atoms with van der Waals surface area (Å²) in [6.07, 6.45) is 1.19. The zero-order valence-corrected chi connectivity index (χ0v) is 59.8. The van der Waals surface area contributed by atoms with Crippen LogP contribution >= 0.6 is 0 Å². The van der Waals surface area contributed by atoms with Crippen molar-refractivity contribution in [1.29, 1.82) is 0 Å². The van der Waals surface area contributed by atoms with Crippen molar-refractivity contribution >= 4 is 70.9 Å². The Morgan fingerprint density at radius 1 is 0.198 bits per heavy atom. The topological polar surface area (TPSA) is 595 Å². The summed E-state index contributed by atoms with van der Waals surface area (Å²) in [6, 6.07) is 0. The molecule has 1 fully saturated rings. The molecule has 39 nitrogen and oxygen atoms in total. The Bertz CT molecular complexity index is 2210. The molecular formula is C62H127N27O12. The number of hydrogen-bond donors (Lipinski definition) is 21. The number of carbonyl (C=O) groups is 12. The molecule has 0 aromatic carbocycles. The maximum Gasteiger partial charge on any atom is 0.221 e. The summed E-state index contributed by atoms with van der Waals surface area (Å²) < 4.78 is 0. The zero-order valence-electron chi connectivity index (χ0n) is 59.8. The van der Waals surface area contributed by atoms with Crippen LogP contribution in [0.2, 0.25) is 0 Å². The molecule has 12 amide bonds. The smallest absolute Gasteiger partial charge is 0.221 e. The second kappa shape index (κ2) is 61.7. The predicted octanol–water partition coefficient (Wildman–Crippen LogP) is -12.0. The molecule has 39 heteroatoms. The Hall–Kier alpha value is -6.96. The van der Waals surface area contributed by atoms with Crippen LogP contribution in [0.4, 0.5) is 0 Å². The molecule has 1 rings (SSSR count). The fourth-order valence-corrected chi connectivity index (χ4v) is 9.74. The van der Waals surface area contributed by atoms with Gasteiger partial charge in [0, 0.05) is 319 Å². The number of rotatable bonds is 67. The van der Waals surface area contributed by atoms with Crippen LogP contribution in [-0.4, -0.2) is 349 Å².